The molecule has 0 saturated carbocycles. The van der Waals surface area contributed by atoms with Gasteiger partial charge in [-0.05, 0) is 12.5 Å². The predicted molar refractivity (Wildman–Crippen MR) is 44.7 cm³/mol. The summed E-state index contributed by atoms with van der Waals surface area (Å²) in [4.78, 5) is 3.93. The molecule has 11 heavy (non-hydrogen) atoms. The zero-order valence-electron chi connectivity index (χ0n) is 6.29. The van der Waals surface area contributed by atoms with Crippen LogP contribution in [-0.2, 0) is 0 Å². The summed E-state index contributed by atoms with van der Waals surface area (Å²) in [5.41, 5.74) is 1.81. The van der Waals surface area contributed by atoms with Crippen LogP contribution in [-0.4, -0.2) is 16.0 Å². The average Bonchev–Trinajstić information content (AvgIpc) is 2.03. The fraction of sp³-hybridized carbons (Fsp3) is 0.375. The highest BCUT2D eigenvalue weighted by molar-refractivity contribution is 6.18. The molecule has 0 spiro atoms. The first-order valence-corrected chi connectivity index (χ1v) is 3.93. The monoisotopic (exact) mass is 171 g/mol. The molecule has 0 aliphatic rings. The molecule has 3 heteroatoms. The van der Waals surface area contributed by atoms with Gasteiger partial charge in [-0.25, -0.2) is 0 Å². The van der Waals surface area contributed by atoms with Gasteiger partial charge in [0.05, 0.1) is 12.0 Å². The lowest BCUT2D eigenvalue weighted by atomic mass is 10.1. The molecule has 60 valence electrons. The van der Waals surface area contributed by atoms with Gasteiger partial charge in [0.1, 0.15) is 0 Å². The first kappa shape index (κ1) is 8.50. The molecule has 0 aromatic carbocycles. The van der Waals surface area contributed by atoms with Crippen LogP contribution < -0.4 is 0 Å². The Hall–Kier alpha value is -0.600. The molecule has 0 aliphatic carbocycles. The van der Waals surface area contributed by atoms with Gasteiger partial charge in [0.15, 0.2) is 0 Å². The van der Waals surface area contributed by atoms with Crippen LogP contribution in [0.4, 0.5) is 0 Å². The average molecular weight is 172 g/mol. The smallest absolute Gasteiger partial charge is 0.0940 e. The summed E-state index contributed by atoms with van der Waals surface area (Å²) in [5.74, 6) is 0.213. The van der Waals surface area contributed by atoms with Crippen LogP contribution in [0.15, 0.2) is 18.5 Å². The van der Waals surface area contributed by atoms with E-state index in [0.29, 0.717) is 0 Å². The Kier molecular flexibility index (Phi) is 2.85. The van der Waals surface area contributed by atoms with Gasteiger partial charge < -0.3 is 5.11 Å². The Morgan fingerprint density at radius 3 is 2.91 bits per heavy atom. The fourth-order valence-electron chi connectivity index (χ4n) is 0.850. The molecular formula is C8H10ClNO. The van der Waals surface area contributed by atoms with Crippen molar-refractivity contribution in [3.63, 3.8) is 0 Å². The van der Waals surface area contributed by atoms with Crippen LogP contribution >= 0.6 is 11.6 Å². The van der Waals surface area contributed by atoms with E-state index >= 15 is 0 Å². The highest BCUT2D eigenvalue weighted by Gasteiger charge is 2.04. The maximum atomic E-state index is 9.28. The summed E-state index contributed by atoms with van der Waals surface area (Å²) < 4.78 is 0. The molecule has 0 amide bonds. The third-order valence-electron chi connectivity index (χ3n) is 1.43. The summed E-state index contributed by atoms with van der Waals surface area (Å²) in [6, 6.07) is 1.88. The topological polar surface area (TPSA) is 33.1 Å². The largest absolute Gasteiger partial charge is 0.387 e. The number of rotatable bonds is 2. The third-order valence-corrected chi connectivity index (χ3v) is 1.72. The summed E-state index contributed by atoms with van der Waals surface area (Å²) in [7, 11) is 0. The molecule has 1 atom stereocenters. The Labute approximate surface area is 70.8 Å². The number of hydrogen-bond donors (Lipinski definition) is 1. The van der Waals surface area contributed by atoms with Gasteiger partial charge in [-0.3, -0.25) is 4.98 Å². The van der Waals surface area contributed by atoms with Crippen molar-refractivity contribution in [2.24, 2.45) is 0 Å². The van der Waals surface area contributed by atoms with Crippen LogP contribution in [0.25, 0.3) is 0 Å². The lowest BCUT2D eigenvalue weighted by Gasteiger charge is -2.05. The highest BCUT2D eigenvalue weighted by Crippen LogP contribution is 2.13. The van der Waals surface area contributed by atoms with Crippen LogP contribution in [0.2, 0.25) is 0 Å². The SMILES string of the molecule is Cc1cncc(C(O)CCl)c1. The Bertz CT molecular complexity index is 239. The number of aliphatic hydroxyl groups is 1. The second-order valence-corrected chi connectivity index (χ2v) is 2.77. The Morgan fingerprint density at radius 1 is 1.64 bits per heavy atom. The lowest BCUT2D eigenvalue weighted by molar-refractivity contribution is 0.202. The standard InChI is InChI=1S/C8H10ClNO/c1-6-2-7(5-10-4-6)8(11)3-9/h2,4-5,8,11H,3H2,1H3. The third kappa shape index (κ3) is 2.17. The molecule has 1 unspecified atom stereocenters. The van der Waals surface area contributed by atoms with Crippen molar-refractivity contribution < 1.29 is 5.11 Å². The van der Waals surface area contributed by atoms with Gasteiger partial charge in [0.25, 0.3) is 0 Å². The quantitative estimate of drug-likeness (QED) is 0.687. The summed E-state index contributed by atoms with van der Waals surface area (Å²) >= 11 is 5.46. The fourth-order valence-corrected chi connectivity index (χ4v) is 1.03. The Morgan fingerprint density at radius 2 is 2.36 bits per heavy atom. The minimum atomic E-state index is -0.593. The van der Waals surface area contributed by atoms with Crippen molar-refractivity contribution in [3.8, 4) is 0 Å². The van der Waals surface area contributed by atoms with E-state index in [-0.39, 0.29) is 5.88 Å². The van der Waals surface area contributed by atoms with Crippen molar-refractivity contribution >= 4 is 11.6 Å². The van der Waals surface area contributed by atoms with E-state index in [1.54, 1.807) is 12.4 Å². The normalized spacial score (nSPS) is 13.0. The van der Waals surface area contributed by atoms with Crippen LogP contribution in [0.3, 0.4) is 0 Å². The molecule has 1 heterocycles. The predicted octanol–water partition coefficient (Wildman–Crippen LogP) is 1.66. The molecule has 1 N–H and O–H groups in total. The summed E-state index contributed by atoms with van der Waals surface area (Å²) in [5, 5.41) is 9.28. The molecule has 1 aromatic heterocycles. The van der Waals surface area contributed by atoms with Crippen molar-refractivity contribution in [1.29, 1.82) is 0 Å². The Balaban J connectivity index is 2.86. The van der Waals surface area contributed by atoms with Crippen LogP contribution in [0.5, 0.6) is 0 Å². The van der Waals surface area contributed by atoms with Gasteiger partial charge in [-0.1, -0.05) is 6.07 Å². The first-order valence-electron chi connectivity index (χ1n) is 3.39. The zero-order chi connectivity index (χ0) is 8.27. The minimum absolute atomic E-state index is 0.213. The van der Waals surface area contributed by atoms with Gasteiger partial charge in [0, 0.05) is 18.0 Å². The van der Waals surface area contributed by atoms with Crippen molar-refractivity contribution in [2.45, 2.75) is 13.0 Å². The molecular weight excluding hydrogens is 162 g/mol. The zero-order valence-corrected chi connectivity index (χ0v) is 7.04. The van der Waals surface area contributed by atoms with E-state index in [1.807, 2.05) is 13.0 Å². The van der Waals surface area contributed by atoms with E-state index in [4.69, 9.17) is 11.6 Å². The van der Waals surface area contributed by atoms with E-state index in [2.05, 4.69) is 4.98 Å². The molecule has 0 saturated heterocycles. The molecule has 0 aliphatic heterocycles. The summed E-state index contributed by atoms with van der Waals surface area (Å²) in [6.07, 6.45) is 2.77. The molecule has 1 rings (SSSR count). The highest BCUT2D eigenvalue weighted by atomic mass is 35.5. The maximum Gasteiger partial charge on any atom is 0.0940 e. The van der Waals surface area contributed by atoms with E-state index in [1.165, 1.54) is 0 Å². The van der Waals surface area contributed by atoms with E-state index in [9.17, 15) is 5.11 Å². The minimum Gasteiger partial charge on any atom is -0.387 e. The van der Waals surface area contributed by atoms with E-state index < -0.39 is 6.10 Å². The molecule has 0 fully saturated rings. The van der Waals surface area contributed by atoms with Gasteiger partial charge in [0.2, 0.25) is 0 Å². The summed E-state index contributed by atoms with van der Waals surface area (Å²) in [6.45, 7) is 1.93. The van der Waals surface area contributed by atoms with Gasteiger partial charge in [-0.15, -0.1) is 11.6 Å². The molecule has 0 bridgehead atoms. The number of alkyl halides is 1. The molecule has 0 radical (unpaired) electrons. The second-order valence-electron chi connectivity index (χ2n) is 2.47. The number of halogens is 1. The first-order chi connectivity index (χ1) is 5.24. The number of aliphatic hydroxyl groups excluding tert-OH is 1. The van der Waals surface area contributed by atoms with E-state index in [0.717, 1.165) is 11.1 Å². The number of aryl methyl sites for hydroxylation is 1. The van der Waals surface area contributed by atoms with Crippen molar-refractivity contribution in [1.82, 2.24) is 4.98 Å². The number of nitrogens with zero attached hydrogens (tertiary/aromatic N) is 1. The molecule has 1 aromatic rings. The second kappa shape index (κ2) is 3.69. The number of aromatic nitrogens is 1. The molecule has 2 nitrogen and oxygen atoms in total. The lowest BCUT2D eigenvalue weighted by Crippen LogP contribution is -1.99. The van der Waals surface area contributed by atoms with Gasteiger partial charge in [-0.2, -0.15) is 0 Å². The van der Waals surface area contributed by atoms with Crippen LogP contribution in [0.1, 0.15) is 17.2 Å². The van der Waals surface area contributed by atoms with Crippen molar-refractivity contribution in [2.75, 3.05) is 5.88 Å². The number of pyridine rings is 1. The number of hydrogen-bond acceptors (Lipinski definition) is 2. The van der Waals surface area contributed by atoms with Gasteiger partial charge >= 0.3 is 0 Å². The van der Waals surface area contributed by atoms with Crippen LogP contribution in [0, 0.1) is 6.92 Å². The maximum absolute atomic E-state index is 9.28. The van der Waals surface area contributed by atoms with Crippen molar-refractivity contribution in [3.05, 3.63) is 29.6 Å².